The summed E-state index contributed by atoms with van der Waals surface area (Å²) < 4.78 is 0. The highest BCUT2D eigenvalue weighted by atomic mass is 32.1. The van der Waals surface area contributed by atoms with Crippen molar-refractivity contribution in [3.05, 3.63) is 16.8 Å². The average molecular weight is 250 g/mol. The standard InChI is InChI=1S/C14H22N2S/c1-2-5-12(4-1)15-13-6-3-8-16(10-13)14-7-9-17-11-14/h7,9,11-13,15H,1-6,8,10H2. The van der Waals surface area contributed by atoms with Gasteiger partial charge < -0.3 is 10.2 Å². The topological polar surface area (TPSA) is 15.3 Å². The number of hydrogen-bond donors (Lipinski definition) is 1. The minimum Gasteiger partial charge on any atom is -0.369 e. The van der Waals surface area contributed by atoms with E-state index in [1.54, 1.807) is 11.3 Å². The maximum Gasteiger partial charge on any atom is 0.0475 e. The van der Waals surface area contributed by atoms with Crippen molar-refractivity contribution in [3.8, 4) is 0 Å². The molecule has 94 valence electrons. The quantitative estimate of drug-likeness (QED) is 0.886. The SMILES string of the molecule is c1cc(N2CCCC(NC3CCCC3)C2)cs1. The van der Waals surface area contributed by atoms with Gasteiger partial charge in [-0.05, 0) is 37.1 Å². The van der Waals surface area contributed by atoms with Crippen molar-refractivity contribution in [2.45, 2.75) is 50.6 Å². The molecule has 1 atom stereocenters. The lowest BCUT2D eigenvalue weighted by Gasteiger charge is -2.35. The maximum absolute atomic E-state index is 3.87. The minimum atomic E-state index is 0.715. The van der Waals surface area contributed by atoms with Crippen molar-refractivity contribution in [3.63, 3.8) is 0 Å². The van der Waals surface area contributed by atoms with E-state index in [-0.39, 0.29) is 0 Å². The molecular weight excluding hydrogens is 228 g/mol. The van der Waals surface area contributed by atoms with Gasteiger partial charge >= 0.3 is 0 Å². The highest BCUT2D eigenvalue weighted by Gasteiger charge is 2.24. The Labute approximate surface area is 108 Å². The second-order valence-corrected chi connectivity index (χ2v) is 6.19. The van der Waals surface area contributed by atoms with E-state index in [0.29, 0.717) is 6.04 Å². The predicted molar refractivity (Wildman–Crippen MR) is 74.9 cm³/mol. The molecule has 0 aromatic carbocycles. The van der Waals surface area contributed by atoms with E-state index in [1.807, 2.05) is 0 Å². The highest BCUT2D eigenvalue weighted by Crippen LogP contribution is 2.24. The van der Waals surface area contributed by atoms with Crippen LogP contribution in [-0.4, -0.2) is 25.2 Å². The van der Waals surface area contributed by atoms with Crippen LogP contribution in [0.2, 0.25) is 0 Å². The summed E-state index contributed by atoms with van der Waals surface area (Å²) >= 11 is 1.81. The maximum atomic E-state index is 3.87. The smallest absolute Gasteiger partial charge is 0.0475 e. The van der Waals surface area contributed by atoms with Crippen molar-refractivity contribution in [1.82, 2.24) is 5.32 Å². The number of anilines is 1. The normalized spacial score (nSPS) is 26.6. The fraction of sp³-hybridized carbons (Fsp3) is 0.714. The Morgan fingerprint density at radius 1 is 1.12 bits per heavy atom. The minimum absolute atomic E-state index is 0.715. The zero-order valence-corrected chi connectivity index (χ0v) is 11.2. The third-order valence-corrected chi connectivity index (χ3v) is 4.79. The third-order valence-electron chi connectivity index (χ3n) is 4.12. The summed E-state index contributed by atoms with van der Waals surface area (Å²) in [6.45, 7) is 2.44. The van der Waals surface area contributed by atoms with Gasteiger partial charge in [0.05, 0.1) is 0 Å². The zero-order chi connectivity index (χ0) is 11.5. The lowest BCUT2D eigenvalue weighted by molar-refractivity contribution is 0.375. The molecule has 3 heteroatoms. The van der Waals surface area contributed by atoms with Crippen LogP contribution in [0.3, 0.4) is 0 Å². The summed E-state index contributed by atoms with van der Waals surface area (Å²) in [5.74, 6) is 0. The van der Waals surface area contributed by atoms with Crippen molar-refractivity contribution in [2.24, 2.45) is 0 Å². The molecule has 1 aliphatic carbocycles. The van der Waals surface area contributed by atoms with Crippen LogP contribution in [0.4, 0.5) is 5.69 Å². The van der Waals surface area contributed by atoms with Crippen LogP contribution in [0.1, 0.15) is 38.5 Å². The number of thiophene rings is 1. The first-order valence-corrected chi connectivity index (χ1v) is 7.89. The van der Waals surface area contributed by atoms with E-state index >= 15 is 0 Å². The molecule has 2 heterocycles. The summed E-state index contributed by atoms with van der Waals surface area (Å²) in [5, 5.41) is 8.33. The molecule has 1 aliphatic heterocycles. The number of hydrogen-bond acceptors (Lipinski definition) is 3. The van der Waals surface area contributed by atoms with Gasteiger partial charge in [-0.25, -0.2) is 0 Å². The molecule has 0 spiro atoms. The number of piperidine rings is 1. The van der Waals surface area contributed by atoms with Crippen LogP contribution in [0.15, 0.2) is 16.8 Å². The molecular formula is C14H22N2S. The Hall–Kier alpha value is -0.540. The number of rotatable bonds is 3. The molecule has 1 N–H and O–H groups in total. The van der Waals surface area contributed by atoms with E-state index in [2.05, 4.69) is 27.0 Å². The first-order chi connectivity index (χ1) is 8.42. The van der Waals surface area contributed by atoms with Crippen LogP contribution in [0.25, 0.3) is 0 Å². The highest BCUT2D eigenvalue weighted by molar-refractivity contribution is 7.08. The second-order valence-electron chi connectivity index (χ2n) is 5.41. The summed E-state index contributed by atoms with van der Waals surface area (Å²) in [4.78, 5) is 2.55. The second kappa shape index (κ2) is 5.40. The molecule has 1 saturated heterocycles. The Bertz CT molecular complexity index is 330. The molecule has 1 aromatic heterocycles. The Morgan fingerprint density at radius 3 is 2.71 bits per heavy atom. The molecule has 0 bridgehead atoms. The van der Waals surface area contributed by atoms with E-state index in [0.717, 1.165) is 6.04 Å². The van der Waals surface area contributed by atoms with Gasteiger partial charge in [0.2, 0.25) is 0 Å². The van der Waals surface area contributed by atoms with Gasteiger partial charge in [0.15, 0.2) is 0 Å². The number of nitrogens with zero attached hydrogens (tertiary/aromatic N) is 1. The molecule has 2 fully saturated rings. The Kier molecular flexibility index (Phi) is 3.67. The first kappa shape index (κ1) is 11.5. The monoisotopic (exact) mass is 250 g/mol. The van der Waals surface area contributed by atoms with Crippen molar-refractivity contribution >= 4 is 17.0 Å². The van der Waals surface area contributed by atoms with Crippen molar-refractivity contribution < 1.29 is 0 Å². The molecule has 1 unspecified atom stereocenters. The summed E-state index contributed by atoms with van der Waals surface area (Å²) in [6.07, 6.45) is 8.35. The average Bonchev–Trinajstić information content (AvgIpc) is 3.01. The van der Waals surface area contributed by atoms with E-state index in [9.17, 15) is 0 Å². The lowest BCUT2D eigenvalue weighted by Crippen LogP contribution is -2.48. The first-order valence-electron chi connectivity index (χ1n) is 6.95. The largest absolute Gasteiger partial charge is 0.369 e. The predicted octanol–water partition coefficient (Wildman–Crippen LogP) is 3.25. The van der Waals surface area contributed by atoms with E-state index in [1.165, 1.54) is 57.3 Å². The van der Waals surface area contributed by atoms with Crippen LogP contribution < -0.4 is 10.2 Å². The molecule has 1 aromatic rings. The van der Waals surface area contributed by atoms with Crippen molar-refractivity contribution in [2.75, 3.05) is 18.0 Å². The Balaban J connectivity index is 1.56. The van der Waals surface area contributed by atoms with Gasteiger partial charge in [0, 0.05) is 36.2 Å². The summed E-state index contributed by atoms with van der Waals surface area (Å²) in [7, 11) is 0. The van der Waals surface area contributed by atoms with Crippen LogP contribution in [-0.2, 0) is 0 Å². The molecule has 0 radical (unpaired) electrons. The molecule has 1 saturated carbocycles. The molecule has 0 amide bonds. The molecule has 3 rings (SSSR count). The van der Waals surface area contributed by atoms with Gasteiger partial charge in [-0.1, -0.05) is 12.8 Å². The van der Waals surface area contributed by atoms with Gasteiger partial charge in [0.1, 0.15) is 0 Å². The van der Waals surface area contributed by atoms with E-state index in [4.69, 9.17) is 0 Å². The number of nitrogens with one attached hydrogen (secondary N) is 1. The van der Waals surface area contributed by atoms with Crippen LogP contribution in [0, 0.1) is 0 Å². The van der Waals surface area contributed by atoms with E-state index < -0.39 is 0 Å². The lowest BCUT2D eigenvalue weighted by atomic mass is 10.0. The molecule has 17 heavy (non-hydrogen) atoms. The Morgan fingerprint density at radius 2 is 1.94 bits per heavy atom. The third kappa shape index (κ3) is 2.83. The summed E-state index contributed by atoms with van der Waals surface area (Å²) in [5.41, 5.74) is 1.42. The van der Waals surface area contributed by atoms with Crippen LogP contribution in [0.5, 0.6) is 0 Å². The van der Waals surface area contributed by atoms with Gasteiger partial charge in [-0.2, -0.15) is 11.3 Å². The zero-order valence-electron chi connectivity index (χ0n) is 10.4. The fourth-order valence-corrected chi connectivity index (χ4v) is 3.87. The fourth-order valence-electron chi connectivity index (χ4n) is 3.21. The van der Waals surface area contributed by atoms with Gasteiger partial charge in [0.25, 0.3) is 0 Å². The van der Waals surface area contributed by atoms with Crippen LogP contribution >= 0.6 is 11.3 Å². The van der Waals surface area contributed by atoms with Gasteiger partial charge in [-0.3, -0.25) is 0 Å². The molecule has 2 aliphatic rings. The summed E-state index contributed by atoms with van der Waals surface area (Å²) in [6, 6.07) is 3.77. The van der Waals surface area contributed by atoms with Gasteiger partial charge in [-0.15, -0.1) is 0 Å². The molecule has 2 nitrogen and oxygen atoms in total. The van der Waals surface area contributed by atoms with Crippen molar-refractivity contribution in [1.29, 1.82) is 0 Å².